The lowest BCUT2D eigenvalue weighted by molar-refractivity contribution is -0.133. The second-order valence-corrected chi connectivity index (χ2v) is 8.99. The Morgan fingerprint density at radius 1 is 1.32 bits per heavy atom. The van der Waals surface area contributed by atoms with E-state index in [4.69, 9.17) is 0 Å². The molecule has 2 aromatic rings. The van der Waals surface area contributed by atoms with E-state index in [9.17, 15) is 13.6 Å². The molecular weight excluding hydrogens is 418 g/mol. The normalized spacial score (nSPS) is 22.0. The van der Waals surface area contributed by atoms with Crippen molar-refractivity contribution in [1.82, 2.24) is 10.3 Å². The van der Waals surface area contributed by atoms with Gasteiger partial charge >= 0.3 is 0 Å². The molecule has 2 aliphatic heterocycles. The van der Waals surface area contributed by atoms with Crippen LogP contribution in [0.25, 0.3) is 0 Å². The maximum atomic E-state index is 14.6. The van der Waals surface area contributed by atoms with Gasteiger partial charge in [0.2, 0.25) is 5.91 Å². The van der Waals surface area contributed by atoms with Gasteiger partial charge in [-0.1, -0.05) is 36.5 Å². The molecule has 2 atom stereocenters. The minimum atomic E-state index is -0.863. The molecule has 0 saturated heterocycles. The summed E-state index contributed by atoms with van der Waals surface area (Å²) in [6, 6.07) is 11.0. The van der Waals surface area contributed by atoms with Gasteiger partial charge in [0.25, 0.3) is 0 Å². The highest BCUT2D eigenvalue weighted by molar-refractivity contribution is 8.15. The first-order chi connectivity index (χ1) is 14.8. The predicted octanol–water partition coefficient (Wildman–Crippen LogP) is 4.63. The summed E-state index contributed by atoms with van der Waals surface area (Å²) >= 11 is 1.31. The summed E-state index contributed by atoms with van der Waals surface area (Å²) < 4.78 is 28.5. The van der Waals surface area contributed by atoms with Crippen molar-refractivity contribution >= 4 is 28.4 Å². The first-order valence-electron chi connectivity index (χ1n) is 10.1. The van der Waals surface area contributed by atoms with E-state index in [0.717, 1.165) is 41.6 Å². The number of anilines is 1. The molecule has 5 nitrogen and oxygen atoms in total. The van der Waals surface area contributed by atoms with Gasteiger partial charge in [0.15, 0.2) is 0 Å². The fraction of sp³-hybridized carbons (Fsp3) is 0.304. The molecule has 31 heavy (non-hydrogen) atoms. The number of hydrogen-bond donors (Lipinski definition) is 2. The van der Waals surface area contributed by atoms with E-state index in [1.807, 2.05) is 31.2 Å². The first kappa shape index (κ1) is 21.4. The summed E-state index contributed by atoms with van der Waals surface area (Å²) in [6.07, 6.45) is 0.722. The van der Waals surface area contributed by atoms with Gasteiger partial charge in [-0.05, 0) is 37.6 Å². The van der Waals surface area contributed by atoms with Crippen LogP contribution in [0.1, 0.15) is 31.4 Å². The van der Waals surface area contributed by atoms with Crippen molar-refractivity contribution in [2.75, 3.05) is 18.4 Å². The maximum Gasteiger partial charge on any atom is 0.241 e. The monoisotopic (exact) mass is 442 g/mol. The molecule has 2 aromatic carbocycles. The van der Waals surface area contributed by atoms with Crippen LogP contribution in [0, 0.1) is 17.6 Å². The topological polar surface area (TPSA) is 56.7 Å². The molecule has 4 rings (SSSR count). The fourth-order valence-electron chi connectivity index (χ4n) is 4.17. The zero-order chi connectivity index (χ0) is 22.2. The van der Waals surface area contributed by atoms with Gasteiger partial charge in [0.05, 0.1) is 0 Å². The third-order valence-electron chi connectivity index (χ3n) is 5.54. The number of rotatable bonds is 5. The molecule has 2 aliphatic rings. The number of carbonyl (C=O) groups is 1. The summed E-state index contributed by atoms with van der Waals surface area (Å²) in [4.78, 5) is 11.9. The number of hydrogen-bond acceptors (Lipinski definition) is 5. The predicted molar refractivity (Wildman–Crippen MR) is 121 cm³/mol. The molecule has 1 amide bonds. The van der Waals surface area contributed by atoms with E-state index >= 15 is 0 Å². The summed E-state index contributed by atoms with van der Waals surface area (Å²) in [5.41, 5.74) is 2.72. The Hall–Kier alpha value is -2.87. The van der Waals surface area contributed by atoms with Crippen LogP contribution in [0.3, 0.4) is 0 Å². The van der Waals surface area contributed by atoms with E-state index in [2.05, 4.69) is 22.3 Å². The van der Waals surface area contributed by atoms with Crippen molar-refractivity contribution in [3.05, 3.63) is 77.5 Å². The Kier molecular flexibility index (Phi) is 5.75. The molecule has 0 saturated carbocycles. The minimum absolute atomic E-state index is 0.0407. The number of benzene rings is 2. The van der Waals surface area contributed by atoms with Crippen LogP contribution in [-0.2, 0) is 9.67 Å². The lowest BCUT2D eigenvalue weighted by Gasteiger charge is -2.46. The smallest absolute Gasteiger partial charge is 0.241 e. The SMILES string of the molecule is C=C(C)NCC[C@H]1CNc2ccccc2[C@]12SC(c1cc(F)ccc1F)=NN2C(C)=O. The second-order valence-electron chi connectivity index (χ2n) is 7.78. The van der Waals surface area contributed by atoms with Crippen LogP contribution < -0.4 is 10.6 Å². The van der Waals surface area contributed by atoms with Crippen molar-refractivity contribution < 1.29 is 13.6 Å². The van der Waals surface area contributed by atoms with E-state index in [1.165, 1.54) is 23.7 Å². The van der Waals surface area contributed by atoms with Gasteiger partial charge in [0.1, 0.15) is 21.5 Å². The van der Waals surface area contributed by atoms with Crippen molar-refractivity contribution in [3.63, 3.8) is 0 Å². The molecule has 1 spiro atoms. The molecule has 0 unspecified atom stereocenters. The number of para-hydroxylation sites is 1. The number of halogens is 2. The van der Waals surface area contributed by atoms with Crippen molar-refractivity contribution in [2.45, 2.75) is 25.1 Å². The zero-order valence-corrected chi connectivity index (χ0v) is 18.2. The number of carbonyl (C=O) groups excluding carboxylic acids is 1. The van der Waals surface area contributed by atoms with Crippen molar-refractivity contribution in [2.24, 2.45) is 11.0 Å². The number of amides is 1. The van der Waals surface area contributed by atoms with Gasteiger partial charge < -0.3 is 10.6 Å². The Bertz CT molecular complexity index is 1070. The van der Waals surface area contributed by atoms with Crippen molar-refractivity contribution in [1.29, 1.82) is 0 Å². The molecule has 0 aliphatic carbocycles. The Morgan fingerprint density at radius 3 is 2.84 bits per heavy atom. The molecule has 0 radical (unpaired) electrons. The first-order valence-corrected chi connectivity index (χ1v) is 10.9. The standard InChI is InChI=1S/C23H24F2N4OS/c1-14(2)26-11-10-16-13-27-21-7-5-4-6-19(21)23(16)29(15(3)30)28-22(31-23)18-12-17(24)8-9-20(18)25/h4-9,12,16,26-27H,1,10-11,13H2,2-3H3/t16-,23+/m0/s1. The van der Waals surface area contributed by atoms with Gasteiger partial charge in [-0.3, -0.25) is 4.79 Å². The number of fused-ring (bicyclic) bond motifs is 2. The van der Waals surface area contributed by atoms with Crippen LogP contribution in [0.4, 0.5) is 14.5 Å². The molecule has 162 valence electrons. The van der Waals surface area contributed by atoms with Crippen molar-refractivity contribution in [3.8, 4) is 0 Å². The highest BCUT2D eigenvalue weighted by Crippen LogP contribution is 2.56. The number of hydrazone groups is 1. The van der Waals surface area contributed by atoms with Crippen LogP contribution in [0.2, 0.25) is 0 Å². The average molecular weight is 443 g/mol. The minimum Gasteiger partial charge on any atom is -0.389 e. The molecule has 0 aromatic heterocycles. The summed E-state index contributed by atoms with van der Waals surface area (Å²) in [7, 11) is 0. The molecule has 8 heteroatoms. The highest BCUT2D eigenvalue weighted by atomic mass is 32.2. The van der Waals surface area contributed by atoms with Gasteiger partial charge in [0, 0.05) is 48.4 Å². The fourth-order valence-corrected chi connectivity index (χ4v) is 5.77. The molecule has 2 N–H and O–H groups in total. The number of nitrogens with zero attached hydrogens (tertiary/aromatic N) is 2. The molecule has 2 heterocycles. The van der Waals surface area contributed by atoms with Gasteiger partial charge in [-0.15, -0.1) is 0 Å². The number of nitrogens with one attached hydrogen (secondary N) is 2. The van der Waals surface area contributed by atoms with Crippen LogP contribution in [-0.4, -0.2) is 29.0 Å². The number of allylic oxidation sites excluding steroid dienone is 1. The lowest BCUT2D eigenvalue weighted by Crippen LogP contribution is -2.51. The highest BCUT2D eigenvalue weighted by Gasteiger charge is 2.55. The van der Waals surface area contributed by atoms with E-state index in [-0.39, 0.29) is 17.4 Å². The van der Waals surface area contributed by atoms with Gasteiger partial charge in [-0.25, -0.2) is 13.8 Å². The lowest BCUT2D eigenvalue weighted by atomic mass is 9.84. The Labute approximate surface area is 184 Å². The summed E-state index contributed by atoms with van der Waals surface area (Å²) in [5, 5.41) is 13.0. The van der Waals surface area contributed by atoms with Crippen LogP contribution >= 0.6 is 11.8 Å². The van der Waals surface area contributed by atoms with Crippen LogP contribution in [0.5, 0.6) is 0 Å². The quantitative estimate of drug-likeness (QED) is 0.709. The van der Waals surface area contributed by atoms with E-state index < -0.39 is 16.5 Å². The van der Waals surface area contributed by atoms with E-state index in [1.54, 1.807) is 0 Å². The second kappa shape index (κ2) is 8.34. The third kappa shape index (κ3) is 3.80. The summed E-state index contributed by atoms with van der Waals surface area (Å²) in [5.74, 6) is -1.42. The largest absolute Gasteiger partial charge is 0.389 e. The maximum absolute atomic E-state index is 14.6. The number of thioether (sulfide) groups is 1. The Morgan fingerprint density at radius 2 is 2.10 bits per heavy atom. The average Bonchev–Trinajstić information content (AvgIpc) is 3.13. The van der Waals surface area contributed by atoms with E-state index in [0.29, 0.717) is 18.1 Å². The molecular formula is C23H24F2N4OS. The zero-order valence-electron chi connectivity index (χ0n) is 17.4. The third-order valence-corrected chi connectivity index (χ3v) is 7.07. The molecule has 0 bridgehead atoms. The Balaban J connectivity index is 1.82. The molecule has 0 fully saturated rings. The van der Waals surface area contributed by atoms with Crippen LogP contribution in [0.15, 0.2) is 59.8 Å². The summed E-state index contributed by atoms with van der Waals surface area (Å²) in [6.45, 7) is 8.50. The van der Waals surface area contributed by atoms with Gasteiger partial charge in [-0.2, -0.15) is 5.10 Å².